The molecule has 0 amide bonds. The topological polar surface area (TPSA) is 149 Å². The summed E-state index contributed by atoms with van der Waals surface area (Å²) >= 11 is 0. The molecule has 2 rings (SSSR count). The average Bonchev–Trinajstić information content (AvgIpc) is 2.37. The lowest BCUT2D eigenvalue weighted by Crippen LogP contribution is -2.42. The van der Waals surface area contributed by atoms with Crippen LogP contribution in [-0.4, -0.2) is 35.5 Å². The number of carboxylic acid groups (broad SMARTS) is 1. The van der Waals surface area contributed by atoms with E-state index in [1.165, 1.54) is 0 Å². The molecule has 21 heavy (non-hydrogen) atoms. The van der Waals surface area contributed by atoms with Crippen molar-refractivity contribution in [3.05, 3.63) is 27.0 Å². The Morgan fingerprint density at radius 2 is 2.05 bits per heavy atom. The lowest BCUT2D eigenvalue weighted by atomic mass is 9.86. The number of H-pyrrole nitrogens is 2. The third kappa shape index (κ3) is 3.58. The molecule has 1 aromatic rings. The molecule has 1 aliphatic carbocycles. The third-order valence-corrected chi connectivity index (χ3v) is 4.95. The van der Waals surface area contributed by atoms with Gasteiger partial charge in [0.05, 0.1) is 5.92 Å². The Labute approximate surface area is 119 Å². The third-order valence-electron chi connectivity index (χ3n) is 3.42. The molecule has 116 valence electrons. The molecular weight excluding hydrogens is 302 g/mol. The van der Waals surface area contributed by atoms with Crippen LogP contribution in [0.25, 0.3) is 0 Å². The van der Waals surface area contributed by atoms with Gasteiger partial charge < -0.3 is 10.1 Å². The summed E-state index contributed by atoms with van der Waals surface area (Å²) in [4.78, 5) is 36.7. The molecule has 4 N–H and O–H groups in total. The molecular formula is C11H15N3O6S. The average molecular weight is 317 g/mol. The second-order valence-electron chi connectivity index (χ2n) is 4.96. The molecule has 1 fully saturated rings. The fourth-order valence-electron chi connectivity index (χ4n) is 2.40. The van der Waals surface area contributed by atoms with E-state index in [0.29, 0.717) is 19.3 Å². The van der Waals surface area contributed by atoms with Gasteiger partial charge >= 0.3 is 11.7 Å². The molecule has 1 saturated carbocycles. The number of carbonyl (C=O) groups is 1. The van der Waals surface area contributed by atoms with Crippen LogP contribution in [-0.2, 0) is 14.8 Å². The molecule has 0 bridgehead atoms. The number of carboxylic acids is 1. The lowest BCUT2D eigenvalue weighted by molar-refractivity contribution is -0.143. The number of nitrogens with one attached hydrogen (secondary N) is 3. The van der Waals surface area contributed by atoms with E-state index >= 15 is 0 Å². The summed E-state index contributed by atoms with van der Waals surface area (Å²) in [6.45, 7) is 0. The van der Waals surface area contributed by atoms with E-state index in [1.807, 2.05) is 4.98 Å². The van der Waals surface area contributed by atoms with Crippen molar-refractivity contribution in [2.45, 2.75) is 36.6 Å². The van der Waals surface area contributed by atoms with Crippen LogP contribution in [0.1, 0.15) is 25.7 Å². The molecule has 1 heterocycles. The highest BCUT2D eigenvalue weighted by Crippen LogP contribution is 2.25. The zero-order chi connectivity index (χ0) is 15.6. The fraction of sp³-hybridized carbons (Fsp3) is 0.545. The summed E-state index contributed by atoms with van der Waals surface area (Å²) < 4.78 is 26.5. The number of rotatable bonds is 4. The van der Waals surface area contributed by atoms with Gasteiger partial charge in [-0.3, -0.25) is 14.6 Å². The first kappa shape index (κ1) is 15.4. The van der Waals surface area contributed by atoms with Crippen LogP contribution in [0.15, 0.2) is 20.7 Å². The Morgan fingerprint density at radius 3 is 2.67 bits per heavy atom. The minimum Gasteiger partial charge on any atom is -0.481 e. The Balaban J connectivity index is 2.19. The zero-order valence-electron chi connectivity index (χ0n) is 11.0. The van der Waals surface area contributed by atoms with E-state index in [1.54, 1.807) is 0 Å². The van der Waals surface area contributed by atoms with Crippen molar-refractivity contribution in [1.82, 2.24) is 14.7 Å². The molecule has 0 aliphatic heterocycles. The summed E-state index contributed by atoms with van der Waals surface area (Å²) in [5.74, 6) is -1.55. The van der Waals surface area contributed by atoms with Crippen molar-refractivity contribution in [1.29, 1.82) is 0 Å². The molecule has 0 radical (unpaired) electrons. The van der Waals surface area contributed by atoms with Crippen LogP contribution >= 0.6 is 0 Å². The van der Waals surface area contributed by atoms with Crippen molar-refractivity contribution in [2.24, 2.45) is 5.92 Å². The number of sulfonamides is 1. The van der Waals surface area contributed by atoms with Crippen LogP contribution in [0.2, 0.25) is 0 Å². The molecule has 10 heteroatoms. The number of aliphatic carboxylic acids is 1. The molecule has 1 aliphatic rings. The molecule has 2 unspecified atom stereocenters. The predicted molar refractivity (Wildman–Crippen MR) is 71.4 cm³/mol. The van der Waals surface area contributed by atoms with Crippen LogP contribution in [0.3, 0.4) is 0 Å². The first-order valence-corrected chi connectivity index (χ1v) is 7.85. The number of aromatic nitrogens is 2. The lowest BCUT2D eigenvalue weighted by Gasteiger charge is -2.26. The monoisotopic (exact) mass is 317 g/mol. The smallest absolute Gasteiger partial charge is 0.325 e. The van der Waals surface area contributed by atoms with Crippen molar-refractivity contribution in [3.63, 3.8) is 0 Å². The van der Waals surface area contributed by atoms with E-state index in [2.05, 4.69) is 9.71 Å². The van der Waals surface area contributed by atoms with E-state index in [0.717, 1.165) is 6.20 Å². The molecule has 0 spiro atoms. The van der Waals surface area contributed by atoms with Gasteiger partial charge in [-0.15, -0.1) is 0 Å². The second-order valence-corrected chi connectivity index (χ2v) is 6.64. The van der Waals surface area contributed by atoms with Gasteiger partial charge in [-0.05, 0) is 19.3 Å². The Kier molecular flexibility index (Phi) is 4.28. The largest absolute Gasteiger partial charge is 0.481 e. The fourth-order valence-corrected chi connectivity index (χ4v) is 3.69. The van der Waals surface area contributed by atoms with Gasteiger partial charge in [0.15, 0.2) is 4.90 Å². The summed E-state index contributed by atoms with van der Waals surface area (Å²) in [6.07, 6.45) is 2.60. The van der Waals surface area contributed by atoms with Crippen molar-refractivity contribution in [2.75, 3.05) is 0 Å². The first-order valence-electron chi connectivity index (χ1n) is 6.37. The minimum absolute atomic E-state index is 0.176. The summed E-state index contributed by atoms with van der Waals surface area (Å²) in [6, 6.07) is -0.545. The summed E-state index contributed by atoms with van der Waals surface area (Å²) in [5, 5.41) is 8.97. The van der Waals surface area contributed by atoms with Gasteiger partial charge in [-0.2, -0.15) is 0 Å². The molecule has 9 nitrogen and oxygen atoms in total. The Bertz CT molecular complexity index is 750. The minimum atomic E-state index is -4.11. The predicted octanol–water partition coefficient (Wildman–Crippen LogP) is -1.02. The quantitative estimate of drug-likeness (QED) is 0.558. The van der Waals surface area contributed by atoms with Gasteiger partial charge in [0.25, 0.3) is 5.56 Å². The van der Waals surface area contributed by atoms with Gasteiger partial charge in [-0.25, -0.2) is 17.9 Å². The van der Waals surface area contributed by atoms with Gasteiger partial charge in [-0.1, -0.05) is 6.42 Å². The molecule has 1 aromatic heterocycles. The maximum atomic E-state index is 12.1. The standard InChI is InChI=1S/C11H15N3O6S/c15-9-8(5-12-11(18)13-9)21(19,20)14-7-3-1-2-6(4-7)10(16)17/h5-7,14H,1-4H2,(H,16,17)(H2,12,13,15,18). The van der Waals surface area contributed by atoms with Gasteiger partial charge in [0.1, 0.15) is 0 Å². The molecule has 0 aromatic carbocycles. The number of hydrogen-bond donors (Lipinski definition) is 4. The van der Waals surface area contributed by atoms with Crippen LogP contribution < -0.4 is 16.0 Å². The van der Waals surface area contributed by atoms with E-state index in [-0.39, 0.29) is 6.42 Å². The van der Waals surface area contributed by atoms with E-state index in [9.17, 15) is 22.8 Å². The van der Waals surface area contributed by atoms with Crippen LogP contribution in [0.4, 0.5) is 0 Å². The first-order chi connectivity index (χ1) is 9.79. The normalized spacial score (nSPS) is 22.9. The summed E-state index contributed by atoms with van der Waals surface area (Å²) in [7, 11) is -4.11. The number of aromatic amines is 2. The van der Waals surface area contributed by atoms with Gasteiger partial charge in [0, 0.05) is 12.2 Å². The van der Waals surface area contributed by atoms with E-state index < -0.39 is 44.1 Å². The van der Waals surface area contributed by atoms with Crippen LogP contribution in [0.5, 0.6) is 0 Å². The van der Waals surface area contributed by atoms with Crippen molar-refractivity contribution >= 4 is 16.0 Å². The van der Waals surface area contributed by atoms with E-state index in [4.69, 9.17) is 5.11 Å². The zero-order valence-corrected chi connectivity index (χ0v) is 11.8. The van der Waals surface area contributed by atoms with Crippen LogP contribution in [0, 0.1) is 5.92 Å². The Morgan fingerprint density at radius 1 is 1.33 bits per heavy atom. The molecule has 2 atom stereocenters. The maximum Gasteiger partial charge on any atom is 0.325 e. The SMILES string of the molecule is O=C(O)C1CCCC(NS(=O)(=O)c2c[nH]c(=O)[nH]c2=O)C1. The highest BCUT2D eigenvalue weighted by Gasteiger charge is 2.30. The number of hydrogen-bond acceptors (Lipinski definition) is 5. The highest BCUT2D eigenvalue weighted by molar-refractivity contribution is 7.89. The van der Waals surface area contributed by atoms with Gasteiger partial charge in [0.2, 0.25) is 10.0 Å². The highest BCUT2D eigenvalue weighted by atomic mass is 32.2. The van der Waals surface area contributed by atoms with Crippen molar-refractivity contribution in [3.8, 4) is 0 Å². The maximum absolute atomic E-state index is 12.1. The second kappa shape index (κ2) is 5.82. The Hall–Kier alpha value is -1.94. The van der Waals surface area contributed by atoms with Crippen molar-refractivity contribution < 1.29 is 18.3 Å². The molecule has 0 saturated heterocycles. The summed E-state index contributed by atoms with van der Waals surface area (Å²) in [5.41, 5.74) is -1.82.